The van der Waals surface area contributed by atoms with E-state index >= 15 is 0 Å². The molecule has 0 saturated heterocycles. The van der Waals surface area contributed by atoms with Gasteiger partial charge in [0.15, 0.2) is 0 Å². The van der Waals surface area contributed by atoms with Crippen LogP contribution in [0.1, 0.15) is 20.7 Å². The second-order valence-electron chi connectivity index (χ2n) is 6.63. The summed E-state index contributed by atoms with van der Waals surface area (Å²) in [7, 11) is 0. The molecule has 0 aliphatic rings. The number of amides is 4. The fourth-order valence-electron chi connectivity index (χ4n) is 2.73. The Morgan fingerprint density at radius 1 is 0.656 bits per heavy atom. The average molecular weight is 444 g/mol. The largest absolute Gasteiger partial charge is 0.339 e. The van der Waals surface area contributed by atoms with Crippen LogP contribution in [0.5, 0.6) is 0 Å². The minimum Gasteiger partial charge on any atom is -0.339 e. The van der Waals surface area contributed by atoms with Crippen molar-refractivity contribution in [3.05, 3.63) is 59.7 Å². The van der Waals surface area contributed by atoms with Crippen LogP contribution in [0.15, 0.2) is 48.5 Å². The van der Waals surface area contributed by atoms with E-state index in [1.54, 1.807) is 48.5 Å². The standard InChI is InChI=1S/C20H24N6O6/c21-9-15(19(29)25-31)23-17(27)13-5-1-11(2-6-13)12-3-7-14(8-4-12)18(28)24-16(10-22)20(30)26-32/h1-8,15-16,31-32H,9-10,21-22H2,(H,23,27)(H,24,28)(H,25,29)(H,26,30)/t15-,16-/m0/s1. The lowest BCUT2D eigenvalue weighted by atomic mass is 10.0. The maximum atomic E-state index is 12.3. The number of hydrogen-bond donors (Lipinski definition) is 8. The molecular weight excluding hydrogens is 420 g/mol. The molecule has 32 heavy (non-hydrogen) atoms. The number of nitrogens with two attached hydrogens (primary N) is 2. The van der Waals surface area contributed by atoms with E-state index in [0.29, 0.717) is 0 Å². The Labute approximate surface area is 182 Å². The summed E-state index contributed by atoms with van der Waals surface area (Å²) in [5, 5.41) is 22.1. The first-order valence-corrected chi connectivity index (χ1v) is 9.44. The molecule has 0 radical (unpaired) electrons. The first-order valence-electron chi connectivity index (χ1n) is 9.44. The molecule has 2 rings (SSSR count). The van der Waals surface area contributed by atoms with E-state index in [1.165, 1.54) is 11.0 Å². The number of hydroxylamine groups is 2. The van der Waals surface area contributed by atoms with Gasteiger partial charge in [-0.15, -0.1) is 0 Å². The third-order valence-electron chi connectivity index (χ3n) is 4.56. The van der Waals surface area contributed by atoms with Crippen LogP contribution in [0.3, 0.4) is 0 Å². The van der Waals surface area contributed by atoms with E-state index < -0.39 is 35.7 Å². The van der Waals surface area contributed by atoms with Gasteiger partial charge >= 0.3 is 0 Å². The van der Waals surface area contributed by atoms with Crippen molar-refractivity contribution in [3.8, 4) is 11.1 Å². The van der Waals surface area contributed by atoms with Crippen molar-refractivity contribution in [1.82, 2.24) is 21.6 Å². The molecule has 2 aromatic rings. The zero-order chi connectivity index (χ0) is 23.7. The lowest BCUT2D eigenvalue weighted by Crippen LogP contribution is -2.50. The first-order chi connectivity index (χ1) is 15.3. The highest BCUT2D eigenvalue weighted by atomic mass is 16.5. The fourth-order valence-corrected chi connectivity index (χ4v) is 2.73. The van der Waals surface area contributed by atoms with Crippen molar-refractivity contribution >= 4 is 23.6 Å². The van der Waals surface area contributed by atoms with Crippen LogP contribution >= 0.6 is 0 Å². The molecule has 10 N–H and O–H groups in total. The van der Waals surface area contributed by atoms with Crippen LogP contribution in [0, 0.1) is 0 Å². The lowest BCUT2D eigenvalue weighted by molar-refractivity contribution is -0.131. The molecule has 0 bridgehead atoms. The third kappa shape index (κ3) is 6.09. The average Bonchev–Trinajstić information content (AvgIpc) is 2.84. The van der Waals surface area contributed by atoms with Crippen LogP contribution in [-0.4, -0.2) is 59.2 Å². The van der Waals surface area contributed by atoms with Crippen LogP contribution in [0.25, 0.3) is 11.1 Å². The van der Waals surface area contributed by atoms with Crippen molar-refractivity contribution in [2.75, 3.05) is 13.1 Å². The summed E-state index contributed by atoms with van der Waals surface area (Å²) >= 11 is 0. The van der Waals surface area contributed by atoms with Gasteiger partial charge in [0.05, 0.1) is 0 Å². The minimum atomic E-state index is -1.08. The van der Waals surface area contributed by atoms with Gasteiger partial charge in [-0.3, -0.25) is 29.6 Å². The second-order valence-corrected chi connectivity index (χ2v) is 6.63. The molecule has 4 amide bonds. The summed E-state index contributed by atoms with van der Waals surface area (Å²) < 4.78 is 0. The van der Waals surface area contributed by atoms with E-state index in [0.717, 1.165) is 11.1 Å². The SMILES string of the molecule is NC[C@H](NC(=O)c1ccc(-c2ccc(C(=O)N[C@@H](CN)C(=O)NO)cc2)cc1)C(=O)NO. The predicted octanol–water partition coefficient (Wildman–Crippen LogP) is -1.52. The Balaban J connectivity index is 2.07. The Morgan fingerprint density at radius 2 is 0.969 bits per heavy atom. The van der Waals surface area contributed by atoms with Gasteiger partial charge in [0.1, 0.15) is 12.1 Å². The molecule has 0 fully saturated rings. The van der Waals surface area contributed by atoms with Gasteiger partial charge in [-0.2, -0.15) is 0 Å². The molecule has 2 aromatic carbocycles. The Kier molecular flexibility index (Phi) is 8.80. The number of carbonyl (C=O) groups is 4. The normalized spacial score (nSPS) is 12.2. The fraction of sp³-hybridized carbons (Fsp3) is 0.200. The Hall–Kier alpha value is -3.84. The van der Waals surface area contributed by atoms with Crippen LogP contribution in [-0.2, 0) is 9.59 Å². The van der Waals surface area contributed by atoms with Crippen molar-refractivity contribution in [2.45, 2.75) is 12.1 Å². The van der Waals surface area contributed by atoms with Gasteiger partial charge in [0.2, 0.25) is 0 Å². The van der Waals surface area contributed by atoms with Crippen LogP contribution in [0.4, 0.5) is 0 Å². The van der Waals surface area contributed by atoms with E-state index in [-0.39, 0.29) is 24.2 Å². The summed E-state index contributed by atoms with van der Waals surface area (Å²) in [6, 6.07) is 10.8. The molecule has 0 unspecified atom stereocenters. The monoisotopic (exact) mass is 444 g/mol. The smallest absolute Gasteiger partial charge is 0.267 e. The van der Waals surface area contributed by atoms with Crippen LogP contribution in [0.2, 0.25) is 0 Å². The zero-order valence-corrected chi connectivity index (χ0v) is 16.9. The summed E-state index contributed by atoms with van der Waals surface area (Å²) in [4.78, 5) is 47.4. The number of carbonyl (C=O) groups excluding carboxylic acids is 4. The van der Waals surface area contributed by atoms with E-state index in [1.807, 2.05) is 0 Å². The second kappa shape index (κ2) is 11.5. The summed E-state index contributed by atoms with van der Waals surface area (Å²) in [6.07, 6.45) is 0. The molecule has 0 aliphatic heterocycles. The molecule has 0 aliphatic carbocycles. The van der Waals surface area contributed by atoms with Gasteiger partial charge in [0, 0.05) is 24.2 Å². The Morgan fingerprint density at radius 3 is 1.22 bits per heavy atom. The van der Waals surface area contributed by atoms with E-state index in [9.17, 15) is 19.2 Å². The van der Waals surface area contributed by atoms with E-state index in [4.69, 9.17) is 21.9 Å². The summed E-state index contributed by atoms with van der Waals surface area (Å²) in [5.41, 5.74) is 15.8. The lowest BCUT2D eigenvalue weighted by Gasteiger charge is -2.15. The van der Waals surface area contributed by atoms with Gasteiger partial charge < -0.3 is 22.1 Å². The summed E-state index contributed by atoms with van der Waals surface area (Å²) in [6.45, 7) is -0.375. The van der Waals surface area contributed by atoms with Gasteiger partial charge in [-0.25, -0.2) is 11.0 Å². The molecule has 170 valence electrons. The number of nitrogens with one attached hydrogen (secondary N) is 4. The van der Waals surface area contributed by atoms with E-state index in [2.05, 4.69) is 10.6 Å². The summed E-state index contributed by atoms with van der Waals surface area (Å²) in [5.74, 6) is -2.72. The topological polar surface area (TPSA) is 209 Å². The molecule has 0 heterocycles. The number of hydrogen-bond acceptors (Lipinski definition) is 8. The third-order valence-corrected chi connectivity index (χ3v) is 4.56. The Bertz CT molecular complexity index is 884. The predicted molar refractivity (Wildman–Crippen MR) is 112 cm³/mol. The molecular formula is C20H24N6O6. The number of rotatable bonds is 9. The molecule has 0 aromatic heterocycles. The number of benzene rings is 2. The highest BCUT2D eigenvalue weighted by Gasteiger charge is 2.20. The molecule has 0 spiro atoms. The maximum absolute atomic E-state index is 12.3. The van der Waals surface area contributed by atoms with Crippen LogP contribution < -0.4 is 33.1 Å². The molecule has 0 saturated carbocycles. The molecule has 2 atom stereocenters. The first kappa shape index (κ1) is 24.4. The highest BCUT2D eigenvalue weighted by Crippen LogP contribution is 2.20. The molecule has 12 heteroatoms. The zero-order valence-electron chi connectivity index (χ0n) is 16.9. The van der Waals surface area contributed by atoms with Gasteiger partial charge in [-0.1, -0.05) is 24.3 Å². The molecule has 12 nitrogen and oxygen atoms in total. The van der Waals surface area contributed by atoms with Gasteiger partial charge in [0.25, 0.3) is 23.6 Å². The van der Waals surface area contributed by atoms with Gasteiger partial charge in [-0.05, 0) is 35.4 Å². The van der Waals surface area contributed by atoms with Crippen molar-refractivity contribution in [2.24, 2.45) is 11.5 Å². The van der Waals surface area contributed by atoms with Crippen molar-refractivity contribution in [1.29, 1.82) is 0 Å². The van der Waals surface area contributed by atoms with Crippen molar-refractivity contribution < 1.29 is 29.6 Å². The minimum absolute atomic E-state index is 0.188. The highest BCUT2D eigenvalue weighted by molar-refractivity contribution is 5.99. The quantitative estimate of drug-likeness (QED) is 0.168. The van der Waals surface area contributed by atoms with Crippen molar-refractivity contribution in [3.63, 3.8) is 0 Å². The maximum Gasteiger partial charge on any atom is 0.267 e.